The molecule has 0 radical (unpaired) electrons. The molecule has 0 aliphatic heterocycles. The van der Waals surface area contributed by atoms with E-state index in [9.17, 15) is 4.79 Å². The van der Waals surface area contributed by atoms with Crippen LogP contribution in [0.25, 0.3) is 5.69 Å². The molecule has 88 valence electrons. The Morgan fingerprint density at radius 1 is 1.35 bits per heavy atom. The van der Waals surface area contributed by atoms with Crippen LogP contribution < -0.4 is 0 Å². The lowest BCUT2D eigenvalue weighted by atomic mass is 10.3. The fourth-order valence-corrected chi connectivity index (χ4v) is 1.92. The normalized spacial score (nSPS) is 10.3. The van der Waals surface area contributed by atoms with Crippen molar-refractivity contribution in [1.82, 2.24) is 9.78 Å². The van der Waals surface area contributed by atoms with Gasteiger partial charge in [0.1, 0.15) is 10.7 Å². The van der Waals surface area contributed by atoms with E-state index < -0.39 is 5.97 Å². The van der Waals surface area contributed by atoms with Crippen molar-refractivity contribution < 1.29 is 9.53 Å². The molecule has 1 aromatic carbocycles. The first-order valence-corrected chi connectivity index (χ1v) is 5.41. The van der Waals surface area contributed by atoms with Crippen molar-refractivity contribution in [2.75, 3.05) is 7.11 Å². The van der Waals surface area contributed by atoms with Gasteiger partial charge >= 0.3 is 5.97 Å². The number of methoxy groups -OCH3 is 1. The van der Waals surface area contributed by atoms with E-state index in [2.05, 4.69) is 9.84 Å². The summed E-state index contributed by atoms with van der Waals surface area (Å²) in [4.78, 5) is 11.5. The summed E-state index contributed by atoms with van der Waals surface area (Å²) in [5.74, 6) is -0.477. The molecule has 2 aromatic rings. The van der Waals surface area contributed by atoms with Gasteiger partial charge in [-0.1, -0.05) is 29.8 Å². The number of ether oxygens (including phenoxy) is 1. The number of carbonyl (C=O) groups is 1. The van der Waals surface area contributed by atoms with Crippen LogP contribution in [0, 0.1) is 6.92 Å². The summed E-state index contributed by atoms with van der Waals surface area (Å²) >= 11 is 6.14. The van der Waals surface area contributed by atoms with Crippen LogP contribution in [0.5, 0.6) is 0 Å². The van der Waals surface area contributed by atoms with E-state index in [0.29, 0.717) is 11.3 Å². The van der Waals surface area contributed by atoms with Gasteiger partial charge in [0.05, 0.1) is 18.5 Å². The van der Waals surface area contributed by atoms with Crippen LogP contribution in [-0.4, -0.2) is 22.9 Å². The third kappa shape index (κ3) is 2.03. The predicted octanol–water partition coefficient (Wildman–Crippen LogP) is 2.62. The molecule has 0 spiro atoms. The van der Waals surface area contributed by atoms with Gasteiger partial charge in [0, 0.05) is 0 Å². The molecule has 0 saturated carbocycles. The van der Waals surface area contributed by atoms with Gasteiger partial charge in [-0.2, -0.15) is 5.10 Å². The number of hydrogen-bond acceptors (Lipinski definition) is 3. The molecule has 0 saturated heterocycles. The Labute approximate surface area is 104 Å². The number of benzene rings is 1. The van der Waals surface area contributed by atoms with Crippen LogP contribution in [0.1, 0.15) is 16.1 Å². The van der Waals surface area contributed by atoms with Gasteiger partial charge in [0.2, 0.25) is 0 Å². The Morgan fingerprint density at radius 3 is 2.59 bits per heavy atom. The number of aromatic nitrogens is 2. The Hall–Kier alpha value is -1.81. The second kappa shape index (κ2) is 4.59. The number of hydrogen-bond donors (Lipinski definition) is 0. The second-order valence-electron chi connectivity index (χ2n) is 3.49. The first-order valence-electron chi connectivity index (χ1n) is 5.04. The third-order valence-electron chi connectivity index (χ3n) is 2.39. The summed E-state index contributed by atoms with van der Waals surface area (Å²) in [7, 11) is 1.32. The fraction of sp³-hybridized carbons (Fsp3) is 0.167. The quantitative estimate of drug-likeness (QED) is 0.770. The maximum absolute atomic E-state index is 11.5. The molecule has 0 amide bonds. The number of esters is 1. The lowest BCUT2D eigenvalue weighted by Gasteiger charge is -2.02. The van der Waals surface area contributed by atoms with E-state index in [4.69, 9.17) is 11.6 Å². The Kier molecular flexibility index (Phi) is 3.15. The zero-order chi connectivity index (χ0) is 12.4. The van der Waals surface area contributed by atoms with Crippen molar-refractivity contribution in [3.05, 3.63) is 46.7 Å². The standard InChI is InChI=1S/C12H11ClN2O2/c1-8-10(12(16)17-2)11(13)15(14-8)9-6-4-3-5-7-9/h3-7H,1-2H3. The van der Waals surface area contributed by atoms with Gasteiger partial charge in [-0.15, -0.1) is 0 Å². The van der Waals surface area contributed by atoms with Crippen LogP contribution in [0.4, 0.5) is 0 Å². The highest BCUT2D eigenvalue weighted by molar-refractivity contribution is 6.33. The molecule has 1 aromatic heterocycles. The predicted molar refractivity (Wildman–Crippen MR) is 64.7 cm³/mol. The highest BCUT2D eigenvalue weighted by atomic mass is 35.5. The lowest BCUT2D eigenvalue weighted by Crippen LogP contribution is -2.03. The highest BCUT2D eigenvalue weighted by Gasteiger charge is 2.21. The summed E-state index contributed by atoms with van der Waals surface area (Å²) in [6, 6.07) is 9.37. The number of nitrogens with zero attached hydrogens (tertiary/aromatic N) is 2. The van der Waals surface area contributed by atoms with Gasteiger partial charge < -0.3 is 4.74 Å². The number of carbonyl (C=O) groups excluding carboxylic acids is 1. The average molecular weight is 251 g/mol. The molecule has 5 heteroatoms. The molecular weight excluding hydrogens is 240 g/mol. The summed E-state index contributed by atoms with van der Waals surface area (Å²) in [6.07, 6.45) is 0. The Balaban J connectivity index is 2.56. The van der Waals surface area contributed by atoms with Crippen LogP contribution in [0.15, 0.2) is 30.3 Å². The van der Waals surface area contributed by atoms with Gasteiger partial charge in [-0.25, -0.2) is 9.48 Å². The van der Waals surface area contributed by atoms with E-state index in [1.54, 1.807) is 6.92 Å². The highest BCUT2D eigenvalue weighted by Crippen LogP contribution is 2.23. The van der Waals surface area contributed by atoms with Gasteiger partial charge in [0.25, 0.3) is 0 Å². The van der Waals surface area contributed by atoms with E-state index in [1.165, 1.54) is 11.8 Å². The number of aryl methyl sites for hydroxylation is 1. The van der Waals surface area contributed by atoms with E-state index in [0.717, 1.165) is 5.69 Å². The molecule has 0 aliphatic rings. The SMILES string of the molecule is COC(=O)c1c(C)nn(-c2ccccc2)c1Cl. The number of rotatable bonds is 2. The first kappa shape index (κ1) is 11.7. The van der Waals surface area contributed by atoms with E-state index in [1.807, 2.05) is 30.3 Å². The Morgan fingerprint density at radius 2 is 2.00 bits per heavy atom. The van der Waals surface area contributed by atoms with Crippen molar-refractivity contribution in [2.24, 2.45) is 0 Å². The average Bonchev–Trinajstić information content (AvgIpc) is 2.65. The Bertz CT molecular complexity index is 549. The molecule has 0 unspecified atom stereocenters. The lowest BCUT2D eigenvalue weighted by molar-refractivity contribution is 0.0600. The van der Waals surface area contributed by atoms with E-state index >= 15 is 0 Å². The van der Waals surface area contributed by atoms with Crippen LogP contribution in [-0.2, 0) is 4.74 Å². The van der Waals surface area contributed by atoms with Crippen LogP contribution in [0.2, 0.25) is 5.15 Å². The molecule has 0 bridgehead atoms. The number of halogens is 1. The first-order chi connectivity index (χ1) is 8.15. The molecular formula is C12H11ClN2O2. The maximum Gasteiger partial charge on any atom is 0.342 e. The van der Waals surface area contributed by atoms with Gasteiger partial charge in [-0.05, 0) is 19.1 Å². The van der Waals surface area contributed by atoms with Crippen LogP contribution >= 0.6 is 11.6 Å². The largest absolute Gasteiger partial charge is 0.465 e. The smallest absolute Gasteiger partial charge is 0.342 e. The molecule has 0 atom stereocenters. The molecule has 0 N–H and O–H groups in total. The third-order valence-corrected chi connectivity index (χ3v) is 2.74. The fourth-order valence-electron chi connectivity index (χ4n) is 1.57. The summed E-state index contributed by atoms with van der Waals surface area (Å²) in [5.41, 5.74) is 1.65. The maximum atomic E-state index is 11.5. The molecule has 0 fully saturated rings. The van der Waals surface area contributed by atoms with Crippen molar-refractivity contribution in [1.29, 1.82) is 0 Å². The number of para-hydroxylation sites is 1. The molecule has 2 rings (SSSR count). The monoisotopic (exact) mass is 250 g/mol. The summed E-state index contributed by atoms with van der Waals surface area (Å²) in [6.45, 7) is 1.72. The zero-order valence-electron chi connectivity index (χ0n) is 9.48. The molecule has 4 nitrogen and oxygen atoms in total. The van der Waals surface area contributed by atoms with Crippen molar-refractivity contribution >= 4 is 17.6 Å². The minimum atomic E-state index is -0.477. The molecule has 0 aliphatic carbocycles. The van der Waals surface area contributed by atoms with Crippen molar-refractivity contribution in [3.63, 3.8) is 0 Å². The summed E-state index contributed by atoms with van der Waals surface area (Å²) < 4.78 is 6.19. The van der Waals surface area contributed by atoms with E-state index in [-0.39, 0.29) is 5.15 Å². The molecule has 1 heterocycles. The topological polar surface area (TPSA) is 44.1 Å². The summed E-state index contributed by atoms with van der Waals surface area (Å²) in [5, 5.41) is 4.50. The van der Waals surface area contributed by atoms with Crippen molar-refractivity contribution in [3.8, 4) is 5.69 Å². The second-order valence-corrected chi connectivity index (χ2v) is 3.85. The van der Waals surface area contributed by atoms with Crippen LogP contribution in [0.3, 0.4) is 0 Å². The zero-order valence-corrected chi connectivity index (χ0v) is 10.2. The van der Waals surface area contributed by atoms with Gasteiger partial charge in [0.15, 0.2) is 0 Å². The minimum Gasteiger partial charge on any atom is -0.465 e. The van der Waals surface area contributed by atoms with Gasteiger partial charge in [-0.3, -0.25) is 0 Å². The minimum absolute atomic E-state index is 0.264. The molecule has 17 heavy (non-hydrogen) atoms. The van der Waals surface area contributed by atoms with Crippen molar-refractivity contribution in [2.45, 2.75) is 6.92 Å².